The second-order valence-corrected chi connectivity index (χ2v) is 17.0. The van der Waals surface area contributed by atoms with E-state index in [1.165, 1.54) is 0 Å². The van der Waals surface area contributed by atoms with Crippen molar-refractivity contribution in [3.63, 3.8) is 0 Å². The number of H-pyrrole nitrogens is 4. The highest BCUT2D eigenvalue weighted by molar-refractivity contribution is 6.03. The number of carboxylic acids is 4. The Balaban J connectivity index is 1.53. The summed E-state index contributed by atoms with van der Waals surface area (Å²) in [6, 6.07) is 0. The number of nitrogens with one attached hydrogen (secondary N) is 4. The molecule has 1 aliphatic rings. The van der Waals surface area contributed by atoms with Gasteiger partial charge < -0.3 is 40.4 Å². The van der Waals surface area contributed by atoms with Crippen LogP contribution in [0.25, 0.3) is 44.5 Å². The molecule has 4 aromatic carbocycles. The Morgan fingerprint density at radius 3 is 0.463 bits per heavy atom. The zero-order chi connectivity index (χ0) is 59.1. The van der Waals surface area contributed by atoms with Crippen molar-refractivity contribution in [1.29, 1.82) is 0 Å². The first-order chi connectivity index (χ1) is 37.4. The lowest BCUT2D eigenvalue weighted by Gasteiger charge is -2.12. The molecule has 32 heteroatoms. The van der Waals surface area contributed by atoms with Gasteiger partial charge in [-0.25, -0.2) is 107 Å². The van der Waals surface area contributed by atoms with E-state index in [1.54, 1.807) is 0 Å². The number of hydrogen-bond acceptors (Lipinski definition) is 4. The van der Waals surface area contributed by atoms with E-state index < -0.39 is 278 Å². The van der Waals surface area contributed by atoms with Gasteiger partial charge in [-0.05, 0) is 0 Å². The predicted octanol–water partition coefficient (Wildman–Crippen LogP) is 11.9. The topological polar surface area (TPSA) is 212 Å². The van der Waals surface area contributed by atoms with Crippen LogP contribution in [0.15, 0.2) is 0 Å². The molecule has 0 unspecified atom stereocenters. The van der Waals surface area contributed by atoms with Crippen molar-refractivity contribution in [3.05, 3.63) is 184 Å². The minimum Gasteiger partial charge on any atom is -0.478 e. The van der Waals surface area contributed by atoms with Crippen LogP contribution >= 0.6 is 0 Å². The van der Waals surface area contributed by atoms with Crippen LogP contribution in [-0.4, -0.2) is 64.2 Å². The highest BCUT2D eigenvalue weighted by Gasteiger charge is 2.42. The summed E-state index contributed by atoms with van der Waals surface area (Å²) in [5.74, 6) is -68.0. The fraction of sp³-hybridized carbons (Fsp3) is 0.0833. The van der Waals surface area contributed by atoms with Crippen molar-refractivity contribution in [2.24, 2.45) is 0 Å². The Bertz CT molecular complexity index is 3530. The fourth-order valence-corrected chi connectivity index (χ4v) is 9.55. The Labute approximate surface area is 425 Å². The molecule has 0 fully saturated rings. The maximum absolute atomic E-state index is 16.0. The summed E-state index contributed by atoms with van der Waals surface area (Å²) in [5.41, 5.74) is -34.2. The van der Waals surface area contributed by atoms with E-state index in [0.717, 1.165) is 0 Å². The van der Waals surface area contributed by atoms with Gasteiger partial charge in [0.05, 0.1) is 44.5 Å². The first-order valence-electron chi connectivity index (χ1n) is 21.3. The highest BCUT2D eigenvalue weighted by Crippen LogP contribution is 2.47. The molecular weight excluding hydrogens is 1140 g/mol. The number of hydrogen-bond donors (Lipinski definition) is 8. The molecule has 0 spiro atoms. The van der Waals surface area contributed by atoms with Crippen molar-refractivity contribution in [1.82, 2.24) is 19.9 Å². The second kappa shape index (κ2) is 19.1. The molecule has 80 heavy (non-hydrogen) atoms. The zero-order valence-electron chi connectivity index (χ0n) is 37.8. The van der Waals surface area contributed by atoms with Crippen LogP contribution in [0.4, 0.5) is 87.8 Å². The number of aromatic carboxylic acids is 4. The van der Waals surface area contributed by atoms with Crippen LogP contribution in [-0.2, 0) is 25.7 Å². The molecule has 0 saturated carbocycles. The van der Waals surface area contributed by atoms with Crippen molar-refractivity contribution >= 4 is 23.9 Å². The van der Waals surface area contributed by atoms with Gasteiger partial charge in [-0.3, -0.25) is 0 Å². The molecule has 8 bridgehead atoms. The smallest absolute Gasteiger partial charge is 0.338 e. The third-order valence-electron chi connectivity index (χ3n) is 12.7. The molecule has 12 nitrogen and oxygen atoms in total. The van der Waals surface area contributed by atoms with Gasteiger partial charge in [0.1, 0.15) is 0 Å². The Morgan fingerprint density at radius 1 is 0.212 bits per heavy atom. The molecule has 1 aliphatic heterocycles. The number of fused-ring (bicyclic) bond motifs is 8. The quantitative estimate of drug-likeness (QED) is 0.0416. The van der Waals surface area contributed by atoms with Gasteiger partial charge in [-0.15, -0.1) is 0 Å². The normalized spacial score (nSPS) is 12.4. The first kappa shape index (κ1) is 55.2. The minimum absolute atomic E-state index is 1.35. The molecule has 5 heterocycles. The number of carbonyl (C=O) groups is 4. The number of halogens is 20. The van der Waals surface area contributed by atoms with Crippen LogP contribution in [0.3, 0.4) is 0 Å². The molecule has 8 N–H and O–H groups in total. The maximum Gasteiger partial charge on any atom is 0.338 e. The second-order valence-electron chi connectivity index (χ2n) is 17.0. The number of rotatable bonds is 8. The zero-order valence-corrected chi connectivity index (χ0v) is 37.8. The van der Waals surface area contributed by atoms with E-state index in [9.17, 15) is 57.2 Å². The number of aromatic amines is 4. The van der Waals surface area contributed by atoms with Crippen LogP contribution in [0, 0.1) is 116 Å². The van der Waals surface area contributed by atoms with E-state index in [4.69, 9.17) is 0 Å². The van der Waals surface area contributed by atoms with E-state index in [1.807, 2.05) is 19.9 Å². The van der Waals surface area contributed by atoms with Gasteiger partial charge in [0, 0.05) is 93.5 Å². The highest BCUT2D eigenvalue weighted by atomic mass is 19.2. The number of aromatic nitrogens is 4. The van der Waals surface area contributed by atoms with Crippen LogP contribution < -0.4 is 0 Å². The molecule has 0 aliphatic carbocycles. The molecule has 0 saturated heterocycles. The summed E-state index contributed by atoms with van der Waals surface area (Å²) in [4.78, 5) is 61.5. The third kappa shape index (κ3) is 7.92. The van der Waals surface area contributed by atoms with E-state index in [2.05, 4.69) is 0 Å². The Kier molecular flexibility index (Phi) is 13.2. The average molecular weight is 1160 g/mol. The first-order valence-corrected chi connectivity index (χ1v) is 21.3. The van der Waals surface area contributed by atoms with Gasteiger partial charge >= 0.3 is 23.9 Å². The van der Waals surface area contributed by atoms with Gasteiger partial charge in [0.2, 0.25) is 23.3 Å². The largest absolute Gasteiger partial charge is 0.478 e. The summed E-state index contributed by atoms with van der Waals surface area (Å²) in [5, 5.41) is 42.7. The van der Waals surface area contributed by atoms with Crippen molar-refractivity contribution in [3.8, 4) is 44.5 Å². The average Bonchev–Trinajstić information content (AvgIpc) is 4.22. The van der Waals surface area contributed by atoms with Crippen LogP contribution in [0.1, 0.15) is 87.0 Å². The standard InChI is InChI=1S/C48H16F20N4O8/c49-25-21(26(50)34(58)41(65)33(25)57)13-5-1-9-17(45(73)74)14(22-27(51)35(59)42(66)36(60)28(22)52)6(70-9)2-11-19(47(77)78)16(24-31(55)39(63)44(68)40(64)32(24)56)8(72-11)4-12-20(48(79)80)15(7(71-12)3-10(69-5)18(13)46(75)76)23-29(53)37(61)43(67)38(62)30(23)54/h69-72H,1-4H2,(H,73,74)(H,75,76)(H,77,78)(H,79,80). The lowest BCUT2D eigenvalue weighted by atomic mass is 9.91. The van der Waals surface area contributed by atoms with Gasteiger partial charge in [-0.2, -0.15) is 0 Å². The lowest BCUT2D eigenvalue weighted by molar-refractivity contribution is 0.0685. The van der Waals surface area contributed by atoms with E-state index >= 15 is 70.2 Å². The molecule has 0 radical (unpaired) electrons. The third-order valence-corrected chi connectivity index (χ3v) is 12.7. The van der Waals surface area contributed by atoms with Gasteiger partial charge in [0.15, 0.2) is 93.1 Å². The summed E-state index contributed by atoms with van der Waals surface area (Å²) in [6.07, 6.45) is -7.01. The van der Waals surface area contributed by atoms with Crippen LogP contribution in [0.5, 0.6) is 0 Å². The van der Waals surface area contributed by atoms with Crippen molar-refractivity contribution in [2.45, 2.75) is 25.7 Å². The molecule has 0 atom stereocenters. The minimum atomic E-state index is -2.93. The van der Waals surface area contributed by atoms with Crippen LogP contribution in [0.2, 0.25) is 0 Å². The monoisotopic (exact) mass is 1160 g/mol. The molecule has 0 amide bonds. The summed E-state index contributed by atoms with van der Waals surface area (Å²) >= 11 is 0. The maximum atomic E-state index is 16.0. The SMILES string of the molecule is O=C(O)c1c2[nH]c(c1-c1c(F)c(F)c(F)c(F)c1F)Cc1[nH]c(c(-c3c(F)c(F)c(F)c(F)c3F)c1C(=O)O)Cc1[nH]c(c(-c3c(F)c(F)c(F)c(F)c3F)c1C(=O)O)Cc1[nH]c(c(-c3c(F)c(F)c(F)c(F)c3F)c1C(=O)O)C2. The molecule has 8 aromatic rings. The van der Waals surface area contributed by atoms with E-state index in [-0.39, 0.29) is 0 Å². The summed E-state index contributed by atoms with van der Waals surface area (Å²) in [6.45, 7) is 0. The Hall–Kier alpha value is -9.52. The lowest BCUT2D eigenvalue weighted by Crippen LogP contribution is -2.10. The van der Waals surface area contributed by atoms with Crippen molar-refractivity contribution in [2.75, 3.05) is 0 Å². The molecule has 4 aromatic heterocycles. The number of benzene rings is 4. The summed E-state index contributed by atoms with van der Waals surface area (Å²) in [7, 11) is 0. The predicted molar refractivity (Wildman–Crippen MR) is 223 cm³/mol. The van der Waals surface area contributed by atoms with Gasteiger partial charge in [-0.1, -0.05) is 0 Å². The summed E-state index contributed by atoms with van der Waals surface area (Å²) < 4.78 is 306. The fourth-order valence-electron chi connectivity index (χ4n) is 9.55. The van der Waals surface area contributed by atoms with E-state index in [0.29, 0.717) is 0 Å². The molecule has 416 valence electrons. The molecule has 9 rings (SSSR count). The Morgan fingerprint density at radius 2 is 0.338 bits per heavy atom. The number of carboxylic acid groups (broad SMARTS) is 4. The van der Waals surface area contributed by atoms with Crippen molar-refractivity contribution < 1.29 is 127 Å². The van der Waals surface area contributed by atoms with Gasteiger partial charge in [0.25, 0.3) is 0 Å². The molecular formula is C48H16F20N4O8.